The van der Waals surface area contributed by atoms with Crippen LogP contribution in [0.25, 0.3) is 0 Å². The van der Waals surface area contributed by atoms with E-state index in [2.05, 4.69) is 19.2 Å². The Morgan fingerprint density at radius 1 is 1.15 bits per heavy atom. The molecule has 0 aromatic heterocycles. The van der Waals surface area contributed by atoms with Crippen LogP contribution in [0.2, 0.25) is 0 Å². The average molecular weight is 277 g/mol. The predicted octanol–water partition coefficient (Wildman–Crippen LogP) is 3.63. The molecular formula is C17H27NO2. The summed E-state index contributed by atoms with van der Waals surface area (Å²) >= 11 is 0. The van der Waals surface area contributed by atoms with Crippen molar-refractivity contribution in [2.45, 2.75) is 52.2 Å². The highest BCUT2D eigenvalue weighted by Gasteiger charge is 2.30. The van der Waals surface area contributed by atoms with Crippen LogP contribution in [-0.4, -0.2) is 25.3 Å². The first kappa shape index (κ1) is 15.2. The van der Waals surface area contributed by atoms with Gasteiger partial charge in [-0.2, -0.15) is 0 Å². The van der Waals surface area contributed by atoms with Gasteiger partial charge in [0.2, 0.25) is 0 Å². The summed E-state index contributed by atoms with van der Waals surface area (Å²) in [6, 6.07) is 8.43. The lowest BCUT2D eigenvalue weighted by Crippen LogP contribution is -2.46. The van der Waals surface area contributed by atoms with Gasteiger partial charge >= 0.3 is 0 Å². The molecule has 1 N–H and O–H groups in total. The first-order valence-corrected chi connectivity index (χ1v) is 7.86. The minimum atomic E-state index is 0.236. The molecule has 0 bridgehead atoms. The number of likely N-dealkylation sites (N-methyl/N-ethyl adjacent to an activating group) is 1. The standard InChI is InChI=1S/C17H27NO2/c1-4-18-14-11-10-13(3)12-17(14)20-16-9-7-6-8-15(16)19-5-2/h6-9,13-14,17-18H,4-5,10-12H2,1-3H3. The van der Waals surface area contributed by atoms with Crippen molar-refractivity contribution in [1.82, 2.24) is 5.32 Å². The molecule has 1 aliphatic rings. The molecule has 0 saturated heterocycles. The van der Waals surface area contributed by atoms with Crippen LogP contribution >= 0.6 is 0 Å². The molecule has 0 spiro atoms. The van der Waals surface area contributed by atoms with Gasteiger partial charge < -0.3 is 14.8 Å². The lowest BCUT2D eigenvalue weighted by atomic mass is 9.85. The maximum atomic E-state index is 6.29. The molecule has 0 heterocycles. The highest BCUT2D eigenvalue weighted by molar-refractivity contribution is 5.39. The minimum Gasteiger partial charge on any atom is -0.490 e. The Bertz CT molecular complexity index is 408. The molecule has 3 nitrogen and oxygen atoms in total. The third-order valence-corrected chi connectivity index (χ3v) is 3.95. The van der Waals surface area contributed by atoms with E-state index in [1.54, 1.807) is 0 Å². The second-order valence-corrected chi connectivity index (χ2v) is 5.62. The Balaban J connectivity index is 2.09. The van der Waals surface area contributed by atoms with Gasteiger partial charge in [-0.3, -0.25) is 0 Å². The first-order valence-electron chi connectivity index (χ1n) is 7.86. The Kier molecular flexibility index (Phi) is 5.72. The number of ether oxygens (including phenoxy) is 2. The summed E-state index contributed by atoms with van der Waals surface area (Å²) in [6.07, 6.45) is 3.82. The van der Waals surface area contributed by atoms with Gasteiger partial charge in [0, 0.05) is 6.04 Å². The van der Waals surface area contributed by atoms with Gasteiger partial charge in [0.05, 0.1) is 6.61 Å². The number of hydrogen-bond donors (Lipinski definition) is 1. The Morgan fingerprint density at radius 3 is 2.60 bits per heavy atom. The van der Waals surface area contributed by atoms with Crippen LogP contribution in [0.5, 0.6) is 11.5 Å². The third kappa shape index (κ3) is 3.89. The number of para-hydroxylation sites is 2. The van der Waals surface area contributed by atoms with Gasteiger partial charge in [-0.1, -0.05) is 26.0 Å². The Hall–Kier alpha value is -1.22. The molecule has 3 heteroatoms. The minimum absolute atomic E-state index is 0.236. The molecule has 1 aliphatic carbocycles. The second-order valence-electron chi connectivity index (χ2n) is 5.62. The predicted molar refractivity (Wildman–Crippen MR) is 82.5 cm³/mol. The fraction of sp³-hybridized carbons (Fsp3) is 0.647. The van der Waals surface area contributed by atoms with Crippen molar-refractivity contribution < 1.29 is 9.47 Å². The van der Waals surface area contributed by atoms with Crippen LogP contribution in [0.4, 0.5) is 0 Å². The van der Waals surface area contributed by atoms with Gasteiger partial charge in [-0.25, -0.2) is 0 Å². The van der Waals surface area contributed by atoms with Crippen molar-refractivity contribution in [3.63, 3.8) is 0 Å². The van der Waals surface area contributed by atoms with Crippen molar-refractivity contribution in [2.24, 2.45) is 5.92 Å². The lowest BCUT2D eigenvalue weighted by molar-refractivity contribution is 0.0880. The van der Waals surface area contributed by atoms with Crippen LogP contribution in [0.15, 0.2) is 24.3 Å². The van der Waals surface area contributed by atoms with E-state index >= 15 is 0 Å². The zero-order valence-corrected chi connectivity index (χ0v) is 12.9. The molecule has 3 atom stereocenters. The Morgan fingerprint density at radius 2 is 1.90 bits per heavy atom. The molecule has 0 aliphatic heterocycles. The average Bonchev–Trinajstić information content (AvgIpc) is 2.44. The summed E-state index contributed by atoms with van der Waals surface area (Å²) in [5.41, 5.74) is 0. The molecule has 20 heavy (non-hydrogen) atoms. The highest BCUT2D eigenvalue weighted by atomic mass is 16.5. The fourth-order valence-corrected chi connectivity index (χ4v) is 2.94. The summed E-state index contributed by atoms with van der Waals surface area (Å²) in [5.74, 6) is 2.45. The van der Waals surface area contributed by atoms with Crippen molar-refractivity contribution in [3.05, 3.63) is 24.3 Å². The summed E-state index contributed by atoms with van der Waals surface area (Å²) in [5, 5.41) is 3.56. The SMILES string of the molecule is CCNC1CCC(C)CC1Oc1ccccc1OCC. The zero-order chi connectivity index (χ0) is 14.4. The van der Waals surface area contributed by atoms with Crippen molar-refractivity contribution >= 4 is 0 Å². The van der Waals surface area contributed by atoms with E-state index in [0.29, 0.717) is 12.6 Å². The largest absolute Gasteiger partial charge is 0.490 e. The van der Waals surface area contributed by atoms with E-state index in [9.17, 15) is 0 Å². The summed E-state index contributed by atoms with van der Waals surface area (Å²) in [6.45, 7) is 8.13. The molecule has 1 fully saturated rings. The van der Waals surface area contributed by atoms with Crippen molar-refractivity contribution in [3.8, 4) is 11.5 Å². The molecule has 112 valence electrons. The van der Waals surface area contributed by atoms with E-state index in [1.165, 1.54) is 12.8 Å². The highest BCUT2D eigenvalue weighted by Crippen LogP contribution is 2.32. The van der Waals surface area contributed by atoms with E-state index in [-0.39, 0.29) is 6.10 Å². The Labute approximate surface area is 122 Å². The van der Waals surface area contributed by atoms with E-state index in [4.69, 9.17) is 9.47 Å². The summed E-state index contributed by atoms with van der Waals surface area (Å²) in [4.78, 5) is 0. The van der Waals surface area contributed by atoms with Gasteiger partial charge in [0.1, 0.15) is 6.10 Å². The number of rotatable bonds is 6. The molecule has 1 aromatic carbocycles. The fourth-order valence-electron chi connectivity index (χ4n) is 2.94. The maximum Gasteiger partial charge on any atom is 0.161 e. The lowest BCUT2D eigenvalue weighted by Gasteiger charge is -2.35. The summed E-state index contributed by atoms with van der Waals surface area (Å²) < 4.78 is 11.9. The molecular weight excluding hydrogens is 250 g/mol. The molecule has 1 aromatic rings. The number of benzene rings is 1. The van der Waals surface area contributed by atoms with Crippen molar-refractivity contribution in [2.75, 3.05) is 13.2 Å². The van der Waals surface area contributed by atoms with Crippen molar-refractivity contribution in [1.29, 1.82) is 0 Å². The van der Waals surface area contributed by atoms with E-state index in [0.717, 1.165) is 30.4 Å². The molecule has 3 unspecified atom stereocenters. The van der Waals surface area contributed by atoms with Crippen LogP contribution < -0.4 is 14.8 Å². The summed E-state index contributed by atoms with van der Waals surface area (Å²) in [7, 11) is 0. The van der Waals surface area contributed by atoms with Crippen LogP contribution in [0.1, 0.15) is 40.0 Å². The molecule has 1 saturated carbocycles. The van der Waals surface area contributed by atoms with Gasteiger partial charge in [-0.15, -0.1) is 0 Å². The van der Waals surface area contributed by atoms with E-state index < -0.39 is 0 Å². The zero-order valence-electron chi connectivity index (χ0n) is 12.9. The quantitative estimate of drug-likeness (QED) is 0.861. The number of nitrogens with one attached hydrogen (secondary N) is 1. The first-order chi connectivity index (χ1) is 9.74. The second kappa shape index (κ2) is 7.53. The van der Waals surface area contributed by atoms with Crippen LogP contribution in [0, 0.1) is 5.92 Å². The topological polar surface area (TPSA) is 30.5 Å². The monoisotopic (exact) mass is 277 g/mol. The van der Waals surface area contributed by atoms with Gasteiger partial charge in [0.15, 0.2) is 11.5 Å². The maximum absolute atomic E-state index is 6.29. The van der Waals surface area contributed by atoms with E-state index in [1.807, 2.05) is 31.2 Å². The molecule has 0 amide bonds. The van der Waals surface area contributed by atoms with Gasteiger partial charge in [-0.05, 0) is 50.8 Å². The van der Waals surface area contributed by atoms with Crippen LogP contribution in [-0.2, 0) is 0 Å². The van der Waals surface area contributed by atoms with Gasteiger partial charge in [0.25, 0.3) is 0 Å². The van der Waals surface area contributed by atoms with Crippen LogP contribution in [0.3, 0.4) is 0 Å². The molecule has 2 rings (SSSR count). The third-order valence-electron chi connectivity index (χ3n) is 3.95. The normalized spacial score (nSPS) is 26.2. The smallest absolute Gasteiger partial charge is 0.161 e. The molecule has 0 radical (unpaired) electrons. The number of hydrogen-bond acceptors (Lipinski definition) is 3.